The third-order valence-electron chi connectivity index (χ3n) is 12.6. The molecule has 262 valence electrons. The predicted molar refractivity (Wildman–Crippen MR) is 244 cm³/mol. The fourth-order valence-corrected chi connectivity index (χ4v) is 9.93. The maximum Gasteiger partial charge on any atom is 0.143 e. The average molecular weight is 721 g/mol. The summed E-state index contributed by atoms with van der Waals surface area (Å²) in [5.41, 5.74) is 8.89. The zero-order valence-corrected chi connectivity index (χ0v) is 30.9. The maximum absolute atomic E-state index is 6.99. The lowest BCUT2D eigenvalue weighted by Crippen LogP contribution is -1.89. The lowest BCUT2D eigenvalue weighted by Gasteiger charge is -2.16. The molecular formula is C56H32O. The van der Waals surface area contributed by atoms with E-state index in [1.807, 2.05) is 0 Å². The Kier molecular flexibility index (Phi) is 6.23. The summed E-state index contributed by atoms with van der Waals surface area (Å²) in [5.74, 6) is 0. The van der Waals surface area contributed by atoms with Crippen molar-refractivity contribution in [2.24, 2.45) is 0 Å². The van der Waals surface area contributed by atoms with Gasteiger partial charge in [0.25, 0.3) is 0 Å². The van der Waals surface area contributed by atoms with Gasteiger partial charge in [-0.1, -0.05) is 170 Å². The number of rotatable bonds is 3. The Morgan fingerprint density at radius 3 is 1.61 bits per heavy atom. The van der Waals surface area contributed by atoms with Crippen LogP contribution < -0.4 is 0 Å². The topological polar surface area (TPSA) is 13.1 Å². The number of hydrogen-bond donors (Lipinski definition) is 0. The first kappa shape index (κ1) is 30.8. The van der Waals surface area contributed by atoms with Crippen molar-refractivity contribution in [3.8, 4) is 33.4 Å². The van der Waals surface area contributed by atoms with E-state index in [1.54, 1.807) is 0 Å². The summed E-state index contributed by atoms with van der Waals surface area (Å²) < 4.78 is 6.99. The van der Waals surface area contributed by atoms with Crippen molar-refractivity contribution in [1.29, 1.82) is 0 Å². The van der Waals surface area contributed by atoms with Crippen LogP contribution in [0.25, 0.3) is 131 Å². The van der Waals surface area contributed by atoms with E-state index >= 15 is 0 Å². The average Bonchev–Trinajstić information content (AvgIpc) is 3.65. The molecule has 1 heteroatoms. The highest BCUT2D eigenvalue weighted by Crippen LogP contribution is 2.47. The minimum Gasteiger partial charge on any atom is -0.455 e. The highest BCUT2D eigenvalue weighted by atomic mass is 16.3. The molecule has 0 saturated carbocycles. The molecule has 0 aliphatic carbocycles. The summed E-state index contributed by atoms with van der Waals surface area (Å²) in [6.07, 6.45) is 0. The lowest BCUT2D eigenvalue weighted by molar-refractivity contribution is 0.670. The quantitative estimate of drug-likeness (QED) is 0.166. The molecule has 0 radical (unpaired) electrons. The van der Waals surface area contributed by atoms with Crippen molar-refractivity contribution < 1.29 is 4.42 Å². The van der Waals surface area contributed by atoms with Gasteiger partial charge in [-0.25, -0.2) is 0 Å². The van der Waals surface area contributed by atoms with Crippen LogP contribution >= 0.6 is 0 Å². The number of fused-ring (bicyclic) bond motifs is 9. The third kappa shape index (κ3) is 4.40. The van der Waals surface area contributed by atoms with Gasteiger partial charge in [-0.3, -0.25) is 0 Å². The molecule has 0 spiro atoms. The van der Waals surface area contributed by atoms with E-state index in [2.05, 4.69) is 194 Å². The van der Waals surface area contributed by atoms with Crippen LogP contribution in [0.2, 0.25) is 0 Å². The van der Waals surface area contributed by atoms with Crippen molar-refractivity contribution in [3.63, 3.8) is 0 Å². The van der Waals surface area contributed by atoms with E-state index in [0.717, 1.165) is 33.1 Å². The summed E-state index contributed by atoms with van der Waals surface area (Å²) in [6.45, 7) is 0. The molecule has 0 atom stereocenters. The molecule has 0 aliphatic heterocycles. The molecule has 0 bridgehead atoms. The Morgan fingerprint density at radius 1 is 0.246 bits per heavy atom. The molecule has 13 aromatic rings. The van der Waals surface area contributed by atoms with Crippen LogP contribution in [0.5, 0.6) is 0 Å². The molecule has 12 aromatic carbocycles. The van der Waals surface area contributed by atoms with Crippen LogP contribution in [0.3, 0.4) is 0 Å². The van der Waals surface area contributed by atoms with Crippen molar-refractivity contribution >= 4 is 97.3 Å². The molecule has 0 fully saturated rings. The summed E-state index contributed by atoms with van der Waals surface area (Å²) in [6, 6.07) is 71.5. The zero-order valence-electron chi connectivity index (χ0n) is 30.9. The largest absolute Gasteiger partial charge is 0.455 e. The second kappa shape index (κ2) is 11.5. The first-order chi connectivity index (χ1) is 28.2. The number of furan rings is 1. The van der Waals surface area contributed by atoms with Gasteiger partial charge in [0.1, 0.15) is 11.2 Å². The van der Waals surface area contributed by atoms with E-state index in [1.165, 1.54) is 97.7 Å². The Labute approximate surface area is 328 Å². The minimum absolute atomic E-state index is 0.905. The second-order valence-electron chi connectivity index (χ2n) is 15.6. The van der Waals surface area contributed by atoms with Gasteiger partial charge < -0.3 is 4.42 Å². The van der Waals surface area contributed by atoms with E-state index in [4.69, 9.17) is 4.42 Å². The molecule has 13 rings (SSSR count). The SMILES string of the molecule is c1ccc2cc3c(cc2c1)oc1c(-c2ccc(-c4cc5ccc6ccccc6c5c5ccccc45)cc2)ccc(-c2ccc4ccc5cccc6ccc2c4c56)c13. The van der Waals surface area contributed by atoms with Gasteiger partial charge in [0.15, 0.2) is 0 Å². The molecule has 0 saturated heterocycles. The number of hydrogen-bond acceptors (Lipinski definition) is 1. The van der Waals surface area contributed by atoms with Crippen LogP contribution in [0, 0.1) is 0 Å². The van der Waals surface area contributed by atoms with Gasteiger partial charge in [-0.2, -0.15) is 0 Å². The molecule has 57 heavy (non-hydrogen) atoms. The summed E-state index contributed by atoms with van der Waals surface area (Å²) in [7, 11) is 0. The van der Waals surface area contributed by atoms with E-state index in [0.29, 0.717) is 0 Å². The van der Waals surface area contributed by atoms with Gasteiger partial charge in [-0.15, -0.1) is 0 Å². The van der Waals surface area contributed by atoms with Crippen LogP contribution in [0.1, 0.15) is 0 Å². The minimum atomic E-state index is 0.905. The van der Waals surface area contributed by atoms with Crippen LogP contribution in [0.15, 0.2) is 199 Å². The van der Waals surface area contributed by atoms with Crippen molar-refractivity contribution in [1.82, 2.24) is 0 Å². The fourth-order valence-electron chi connectivity index (χ4n) is 9.93. The smallest absolute Gasteiger partial charge is 0.143 e. The Hall–Kier alpha value is -7.48. The first-order valence-corrected chi connectivity index (χ1v) is 19.7. The third-order valence-corrected chi connectivity index (χ3v) is 12.6. The lowest BCUT2D eigenvalue weighted by atomic mass is 9.87. The van der Waals surface area contributed by atoms with Crippen molar-refractivity contribution in [3.05, 3.63) is 194 Å². The molecular weight excluding hydrogens is 689 g/mol. The van der Waals surface area contributed by atoms with E-state index in [9.17, 15) is 0 Å². The highest BCUT2D eigenvalue weighted by Gasteiger charge is 2.21. The van der Waals surface area contributed by atoms with Crippen molar-refractivity contribution in [2.45, 2.75) is 0 Å². The first-order valence-electron chi connectivity index (χ1n) is 19.7. The van der Waals surface area contributed by atoms with E-state index in [-0.39, 0.29) is 0 Å². The van der Waals surface area contributed by atoms with E-state index < -0.39 is 0 Å². The van der Waals surface area contributed by atoms with Gasteiger partial charge in [0, 0.05) is 16.3 Å². The van der Waals surface area contributed by atoms with Gasteiger partial charge >= 0.3 is 0 Å². The molecule has 1 heterocycles. The van der Waals surface area contributed by atoms with Gasteiger partial charge in [-0.05, 0) is 127 Å². The molecule has 1 nitrogen and oxygen atoms in total. The van der Waals surface area contributed by atoms with Crippen LogP contribution in [0.4, 0.5) is 0 Å². The Bertz CT molecular complexity index is 3770. The zero-order chi connectivity index (χ0) is 37.2. The predicted octanol–water partition coefficient (Wildman–Crippen LogP) is 16.1. The Balaban J connectivity index is 1.03. The van der Waals surface area contributed by atoms with Gasteiger partial charge in [0.05, 0.1) is 0 Å². The molecule has 0 aliphatic rings. The molecule has 0 unspecified atom stereocenters. The molecule has 0 amide bonds. The normalized spacial score (nSPS) is 12.2. The number of benzene rings is 12. The highest BCUT2D eigenvalue weighted by molar-refractivity contribution is 6.28. The maximum atomic E-state index is 6.99. The fraction of sp³-hybridized carbons (Fsp3) is 0. The van der Waals surface area contributed by atoms with Crippen molar-refractivity contribution in [2.75, 3.05) is 0 Å². The summed E-state index contributed by atoms with van der Waals surface area (Å²) in [4.78, 5) is 0. The summed E-state index contributed by atoms with van der Waals surface area (Å²) >= 11 is 0. The summed E-state index contributed by atoms with van der Waals surface area (Å²) in [5, 5.41) is 20.1. The molecule has 1 aromatic heterocycles. The van der Waals surface area contributed by atoms with Gasteiger partial charge in [0.2, 0.25) is 0 Å². The monoisotopic (exact) mass is 720 g/mol. The molecule has 0 N–H and O–H groups in total. The van der Waals surface area contributed by atoms with Crippen LogP contribution in [-0.2, 0) is 0 Å². The Morgan fingerprint density at radius 2 is 0.807 bits per heavy atom. The second-order valence-corrected chi connectivity index (χ2v) is 15.6. The van der Waals surface area contributed by atoms with Crippen LogP contribution in [-0.4, -0.2) is 0 Å². The standard InChI is InChI=1S/C56H32O/c1-2-10-40-32-51-50(30-39(40)9-1)55-48(45-26-24-38-22-21-36-11-7-12-37-25-27-47(45)54(38)52(36)37)29-28-43(56(55)57-51)34-16-18-35(19-17-34)49-31-41-23-20-33-8-3-4-13-42(33)53(41)46-15-6-5-14-44(46)49/h1-32H.